The molecule has 5 heteroatoms. The average Bonchev–Trinajstić information content (AvgIpc) is 2.83. The number of amides is 1. The van der Waals surface area contributed by atoms with Crippen molar-refractivity contribution in [2.45, 2.75) is 39.3 Å². The molecule has 2 aromatic rings. The summed E-state index contributed by atoms with van der Waals surface area (Å²) < 4.78 is 5.99. The molecule has 1 aliphatic rings. The fraction of sp³-hybridized carbons (Fsp3) is 0.444. The molecule has 0 bridgehead atoms. The van der Waals surface area contributed by atoms with Crippen molar-refractivity contribution in [2.24, 2.45) is 0 Å². The Morgan fingerprint density at radius 1 is 1.35 bits per heavy atom. The predicted octanol–water partition coefficient (Wildman–Crippen LogP) is 2.75. The van der Waals surface area contributed by atoms with Gasteiger partial charge in [-0.3, -0.25) is 9.69 Å². The summed E-state index contributed by atoms with van der Waals surface area (Å²) in [6.45, 7) is 6.27. The SMILES string of the molecule is CC[C@H]1C(=O)NCCCN1Cc1oc(-c2ccccc2)nc1C. The van der Waals surface area contributed by atoms with Gasteiger partial charge in [0.05, 0.1) is 18.3 Å². The number of benzene rings is 1. The summed E-state index contributed by atoms with van der Waals surface area (Å²) in [7, 11) is 0. The van der Waals surface area contributed by atoms with Crippen LogP contribution in [0.1, 0.15) is 31.2 Å². The molecule has 23 heavy (non-hydrogen) atoms. The van der Waals surface area contributed by atoms with Gasteiger partial charge in [0, 0.05) is 18.7 Å². The van der Waals surface area contributed by atoms with Crippen molar-refractivity contribution >= 4 is 5.91 Å². The van der Waals surface area contributed by atoms with E-state index in [0.29, 0.717) is 12.4 Å². The molecule has 1 saturated heterocycles. The fourth-order valence-corrected chi connectivity index (χ4v) is 3.03. The molecule has 1 amide bonds. The maximum absolute atomic E-state index is 12.2. The van der Waals surface area contributed by atoms with Crippen molar-refractivity contribution in [3.05, 3.63) is 41.8 Å². The van der Waals surface area contributed by atoms with Crippen LogP contribution in [0.25, 0.3) is 11.5 Å². The Morgan fingerprint density at radius 3 is 2.87 bits per heavy atom. The minimum atomic E-state index is -0.0952. The highest BCUT2D eigenvalue weighted by molar-refractivity contribution is 5.81. The van der Waals surface area contributed by atoms with Crippen LogP contribution in [-0.2, 0) is 11.3 Å². The first-order chi connectivity index (χ1) is 11.2. The Morgan fingerprint density at radius 2 is 2.13 bits per heavy atom. The molecule has 1 aromatic heterocycles. The number of nitrogens with one attached hydrogen (secondary N) is 1. The Hall–Kier alpha value is -2.14. The predicted molar refractivity (Wildman–Crippen MR) is 88.8 cm³/mol. The molecular formula is C18H23N3O2. The van der Waals surface area contributed by atoms with Gasteiger partial charge in [0.2, 0.25) is 11.8 Å². The largest absolute Gasteiger partial charge is 0.440 e. The van der Waals surface area contributed by atoms with Gasteiger partial charge in [0.25, 0.3) is 0 Å². The molecule has 0 aliphatic carbocycles. The van der Waals surface area contributed by atoms with Crippen molar-refractivity contribution in [1.29, 1.82) is 0 Å². The first-order valence-corrected chi connectivity index (χ1v) is 8.22. The summed E-state index contributed by atoms with van der Waals surface area (Å²) in [6, 6.07) is 9.80. The quantitative estimate of drug-likeness (QED) is 0.943. The van der Waals surface area contributed by atoms with Crippen LogP contribution >= 0.6 is 0 Å². The molecule has 2 heterocycles. The summed E-state index contributed by atoms with van der Waals surface area (Å²) in [5.41, 5.74) is 1.87. The Labute approximate surface area is 136 Å². The van der Waals surface area contributed by atoms with Crippen LogP contribution in [0.2, 0.25) is 0 Å². The van der Waals surface area contributed by atoms with E-state index >= 15 is 0 Å². The summed E-state index contributed by atoms with van der Waals surface area (Å²) in [5.74, 6) is 1.60. The minimum absolute atomic E-state index is 0.0952. The molecule has 122 valence electrons. The highest BCUT2D eigenvalue weighted by Crippen LogP contribution is 2.23. The van der Waals surface area contributed by atoms with Gasteiger partial charge >= 0.3 is 0 Å². The number of carbonyl (C=O) groups excluding carboxylic acids is 1. The lowest BCUT2D eigenvalue weighted by Gasteiger charge is -2.26. The monoisotopic (exact) mass is 313 g/mol. The Kier molecular flexibility index (Phi) is 4.76. The highest BCUT2D eigenvalue weighted by Gasteiger charge is 2.28. The zero-order valence-electron chi connectivity index (χ0n) is 13.7. The number of aromatic nitrogens is 1. The van der Waals surface area contributed by atoms with Crippen molar-refractivity contribution in [1.82, 2.24) is 15.2 Å². The Bertz CT molecular complexity index is 666. The lowest BCUT2D eigenvalue weighted by Crippen LogP contribution is -2.43. The minimum Gasteiger partial charge on any atom is -0.440 e. The maximum atomic E-state index is 12.2. The maximum Gasteiger partial charge on any atom is 0.237 e. The van der Waals surface area contributed by atoms with E-state index in [-0.39, 0.29) is 11.9 Å². The third-order valence-corrected chi connectivity index (χ3v) is 4.31. The molecule has 0 radical (unpaired) electrons. The first-order valence-electron chi connectivity index (χ1n) is 8.22. The first kappa shape index (κ1) is 15.7. The van der Waals surface area contributed by atoms with E-state index in [1.54, 1.807) is 0 Å². The smallest absolute Gasteiger partial charge is 0.237 e. The Balaban J connectivity index is 1.82. The zero-order chi connectivity index (χ0) is 16.2. The van der Waals surface area contributed by atoms with Crippen LogP contribution in [-0.4, -0.2) is 34.9 Å². The fourth-order valence-electron chi connectivity index (χ4n) is 3.03. The van der Waals surface area contributed by atoms with E-state index in [9.17, 15) is 4.79 Å². The highest BCUT2D eigenvalue weighted by atomic mass is 16.4. The topological polar surface area (TPSA) is 58.4 Å². The van der Waals surface area contributed by atoms with Gasteiger partial charge in [0.15, 0.2) is 0 Å². The van der Waals surface area contributed by atoms with E-state index < -0.39 is 0 Å². The van der Waals surface area contributed by atoms with Crippen LogP contribution in [0.4, 0.5) is 0 Å². The summed E-state index contributed by atoms with van der Waals surface area (Å²) in [4.78, 5) is 18.9. The molecule has 0 spiro atoms. The second-order valence-electron chi connectivity index (χ2n) is 5.93. The van der Waals surface area contributed by atoms with Crippen molar-refractivity contribution in [3.8, 4) is 11.5 Å². The third kappa shape index (κ3) is 3.45. The third-order valence-electron chi connectivity index (χ3n) is 4.31. The number of nitrogens with zero attached hydrogens (tertiary/aromatic N) is 2. The number of rotatable bonds is 4. The summed E-state index contributed by atoms with van der Waals surface area (Å²) in [5, 5.41) is 2.98. The number of hydrogen-bond donors (Lipinski definition) is 1. The molecule has 1 aromatic carbocycles. The van der Waals surface area contributed by atoms with Crippen LogP contribution in [0, 0.1) is 6.92 Å². The van der Waals surface area contributed by atoms with Gasteiger partial charge in [-0.15, -0.1) is 0 Å². The van der Waals surface area contributed by atoms with Crippen LogP contribution < -0.4 is 5.32 Å². The molecule has 1 aliphatic heterocycles. The van der Waals surface area contributed by atoms with E-state index in [0.717, 1.165) is 42.9 Å². The molecule has 0 saturated carbocycles. The van der Waals surface area contributed by atoms with Crippen LogP contribution in [0.3, 0.4) is 0 Å². The van der Waals surface area contributed by atoms with Gasteiger partial charge in [0.1, 0.15) is 5.76 Å². The molecule has 1 fully saturated rings. The lowest BCUT2D eigenvalue weighted by molar-refractivity contribution is -0.125. The second kappa shape index (κ2) is 6.96. The van der Waals surface area contributed by atoms with Crippen molar-refractivity contribution in [3.63, 3.8) is 0 Å². The lowest BCUT2D eigenvalue weighted by atomic mass is 10.1. The van der Waals surface area contributed by atoms with Gasteiger partial charge in [-0.25, -0.2) is 4.98 Å². The van der Waals surface area contributed by atoms with Gasteiger partial charge in [-0.2, -0.15) is 0 Å². The van der Waals surface area contributed by atoms with Gasteiger partial charge in [-0.1, -0.05) is 25.1 Å². The van der Waals surface area contributed by atoms with Crippen LogP contribution in [0.5, 0.6) is 0 Å². The normalized spacial score (nSPS) is 19.4. The molecule has 0 unspecified atom stereocenters. The molecule has 1 atom stereocenters. The summed E-state index contributed by atoms with van der Waals surface area (Å²) >= 11 is 0. The number of hydrogen-bond acceptors (Lipinski definition) is 4. The van der Waals surface area contributed by atoms with E-state index in [2.05, 4.69) is 15.2 Å². The van der Waals surface area contributed by atoms with E-state index in [4.69, 9.17) is 4.42 Å². The van der Waals surface area contributed by atoms with Gasteiger partial charge in [-0.05, 0) is 31.9 Å². The standard InChI is InChI=1S/C18H23N3O2/c1-3-15-17(22)19-10-7-11-21(15)12-16-13(2)20-18(23-16)14-8-5-4-6-9-14/h4-6,8-9,15H,3,7,10-12H2,1-2H3,(H,19,22)/t15-/m0/s1. The van der Waals surface area contributed by atoms with E-state index in [1.165, 1.54) is 0 Å². The average molecular weight is 313 g/mol. The van der Waals surface area contributed by atoms with Crippen molar-refractivity contribution in [2.75, 3.05) is 13.1 Å². The molecule has 3 rings (SSSR count). The number of aryl methyl sites for hydroxylation is 1. The molecule has 1 N–H and O–H groups in total. The second-order valence-corrected chi connectivity index (χ2v) is 5.93. The van der Waals surface area contributed by atoms with Gasteiger partial charge < -0.3 is 9.73 Å². The van der Waals surface area contributed by atoms with Crippen LogP contribution in [0.15, 0.2) is 34.7 Å². The number of carbonyl (C=O) groups is 1. The molecular weight excluding hydrogens is 290 g/mol. The number of oxazole rings is 1. The zero-order valence-corrected chi connectivity index (χ0v) is 13.7. The summed E-state index contributed by atoms with van der Waals surface area (Å²) in [6.07, 6.45) is 1.76. The molecule has 5 nitrogen and oxygen atoms in total. The van der Waals surface area contributed by atoms with Crippen molar-refractivity contribution < 1.29 is 9.21 Å². The van der Waals surface area contributed by atoms with E-state index in [1.807, 2.05) is 44.2 Å².